The molecule has 0 fully saturated rings. The smallest absolute Gasteiger partial charge is 0.306 e. The molecule has 0 aromatic heterocycles. The summed E-state index contributed by atoms with van der Waals surface area (Å²) in [5.74, 6) is 0.434. The summed E-state index contributed by atoms with van der Waals surface area (Å²) in [5, 5.41) is 15.0. The lowest BCUT2D eigenvalue weighted by Crippen LogP contribution is -2.37. The second-order valence-electron chi connectivity index (χ2n) is 15.4. The Morgan fingerprint density at radius 3 is 1.85 bits per heavy atom. The summed E-state index contributed by atoms with van der Waals surface area (Å²) in [6.07, 6.45) is 28.5. The molecular weight excluding hydrogens is 693 g/mol. The fourth-order valence-electron chi connectivity index (χ4n) is 6.40. The van der Waals surface area contributed by atoms with Crippen LogP contribution in [0, 0.1) is 11.5 Å². The van der Waals surface area contributed by atoms with Gasteiger partial charge in [0.1, 0.15) is 6.10 Å². The molecule has 0 saturated carbocycles. The first-order valence-corrected chi connectivity index (χ1v) is 22.6. The van der Waals surface area contributed by atoms with Crippen LogP contribution in [0.5, 0.6) is 0 Å². The van der Waals surface area contributed by atoms with Crippen molar-refractivity contribution in [1.82, 2.24) is 20.4 Å². The molecule has 11 nitrogen and oxygen atoms in total. The normalized spacial score (nSPS) is 12.2. The summed E-state index contributed by atoms with van der Waals surface area (Å²) in [6.45, 7) is 13.6. The molecule has 0 aromatic carbocycles. The molecule has 0 aliphatic carbocycles. The van der Waals surface area contributed by atoms with Crippen LogP contribution in [0.4, 0.5) is 0 Å². The maximum Gasteiger partial charge on any atom is 0.306 e. The van der Waals surface area contributed by atoms with E-state index in [-0.39, 0.29) is 18.0 Å². The van der Waals surface area contributed by atoms with E-state index < -0.39 is 0 Å². The van der Waals surface area contributed by atoms with Crippen molar-refractivity contribution in [1.29, 1.82) is 5.26 Å². The number of nitrogens with one attached hydrogen (secondary N) is 2. The zero-order valence-corrected chi connectivity index (χ0v) is 36.4. The van der Waals surface area contributed by atoms with Gasteiger partial charge in [0, 0.05) is 32.5 Å². The largest absolute Gasteiger partial charge is 0.466 e. The molecule has 0 spiro atoms. The van der Waals surface area contributed by atoms with Gasteiger partial charge in [-0.15, -0.1) is 0 Å². The number of nitriles is 1. The number of guanidine groups is 1. The van der Waals surface area contributed by atoms with Crippen molar-refractivity contribution in [2.24, 2.45) is 4.99 Å². The Morgan fingerprint density at radius 1 is 0.636 bits per heavy atom. The monoisotopic (exact) mass is 779 g/mol. The number of hydrogen-bond donors (Lipinski definition) is 2. The van der Waals surface area contributed by atoms with Crippen LogP contribution in [0.15, 0.2) is 4.99 Å². The number of ether oxygens (including phenoxy) is 3. The Balaban J connectivity index is 4.60. The number of hydrogen-bond acceptors (Lipinski definition) is 9. The number of carbonyl (C=O) groups is 2. The molecule has 0 bridgehead atoms. The van der Waals surface area contributed by atoms with E-state index in [1.165, 1.54) is 32.1 Å². The average Bonchev–Trinajstić information content (AvgIpc) is 3.16. The van der Waals surface area contributed by atoms with E-state index in [0.717, 1.165) is 142 Å². The minimum atomic E-state index is -0.0465. The van der Waals surface area contributed by atoms with Gasteiger partial charge in [0.05, 0.1) is 19.8 Å². The van der Waals surface area contributed by atoms with E-state index in [1.54, 1.807) is 0 Å². The van der Waals surface area contributed by atoms with Crippen molar-refractivity contribution in [3.05, 3.63) is 0 Å². The molecule has 0 aromatic rings. The first kappa shape index (κ1) is 52.6. The van der Waals surface area contributed by atoms with Crippen LogP contribution in [0.25, 0.3) is 0 Å². The van der Waals surface area contributed by atoms with Crippen molar-refractivity contribution in [3.8, 4) is 6.19 Å². The maximum absolute atomic E-state index is 12.5. The van der Waals surface area contributed by atoms with E-state index in [1.807, 2.05) is 20.3 Å². The van der Waals surface area contributed by atoms with Crippen molar-refractivity contribution in [2.75, 3.05) is 73.2 Å². The van der Waals surface area contributed by atoms with Crippen LogP contribution in [0.3, 0.4) is 0 Å². The lowest BCUT2D eigenvalue weighted by Gasteiger charge is -2.22. The second-order valence-corrected chi connectivity index (χ2v) is 15.4. The molecule has 1 unspecified atom stereocenters. The summed E-state index contributed by atoms with van der Waals surface area (Å²) >= 11 is 0. The van der Waals surface area contributed by atoms with Crippen molar-refractivity contribution < 1.29 is 23.8 Å². The molecule has 0 rings (SSSR count). The van der Waals surface area contributed by atoms with Crippen molar-refractivity contribution in [3.63, 3.8) is 0 Å². The van der Waals surface area contributed by atoms with Gasteiger partial charge in [-0.1, -0.05) is 111 Å². The molecule has 322 valence electrons. The maximum atomic E-state index is 12.5. The summed E-state index contributed by atoms with van der Waals surface area (Å²) in [7, 11) is 4.04. The van der Waals surface area contributed by atoms with E-state index in [0.29, 0.717) is 51.7 Å². The lowest BCUT2D eigenvalue weighted by molar-refractivity contribution is -0.150. The van der Waals surface area contributed by atoms with Crippen LogP contribution >= 0.6 is 0 Å². The Kier molecular flexibility index (Phi) is 39.4. The Labute approximate surface area is 338 Å². The van der Waals surface area contributed by atoms with E-state index >= 15 is 0 Å². The van der Waals surface area contributed by atoms with Gasteiger partial charge in [-0.05, 0) is 91.5 Å². The molecule has 0 heterocycles. The molecule has 55 heavy (non-hydrogen) atoms. The molecule has 0 amide bonds. The zero-order chi connectivity index (χ0) is 40.5. The Morgan fingerprint density at radius 2 is 1.20 bits per heavy atom. The third kappa shape index (κ3) is 38.2. The summed E-state index contributed by atoms with van der Waals surface area (Å²) in [4.78, 5) is 33.9. The molecular formula is C44H86N6O5. The Bertz CT molecular complexity index is 944. The number of esters is 2. The van der Waals surface area contributed by atoms with Crippen LogP contribution in [-0.4, -0.2) is 107 Å². The van der Waals surface area contributed by atoms with Crippen LogP contribution in [0.2, 0.25) is 0 Å². The number of carbonyl (C=O) groups excluding carboxylic acids is 2. The number of unbranched alkanes of at least 4 members (excludes halogenated alkanes) is 15. The minimum Gasteiger partial charge on any atom is -0.466 e. The van der Waals surface area contributed by atoms with Gasteiger partial charge < -0.3 is 29.3 Å². The molecule has 0 aliphatic rings. The summed E-state index contributed by atoms with van der Waals surface area (Å²) in [6, 6.07) is 0. The number of nitrogens with zero attached hydrogens (tertiary/aromatic N) is 4. The molecule has 1 atom stereocenters. The fraction of sp³-hybridized carbons (Fsp3) is 0.909. The number of likely N-dealkylation sites (N-methyl/N-ethyl adjacent to an activating group) is 1. The van der Waals surface area contributed by atoms with E-state index in [9.17, 15) is 14.9 Å². The highest BCUT2D eigenvalue weighted by Crippen LogP contribution is 2.16. The van der Waals surface area contributed by atoms with Crippen LogP contribution < -0.4 is 10.6 Å². The third-order valence-corrected chi connectivity index (χ3v) is 9.83. The minimum absolute atomic E-state index is 0.0174. The highest BCUT2D eigenvalue weighted by Gasteiger charge is 2.14. The van der Waals surface area contributed by atoms with E-state index in [2.05, 4.69) is 46.2 Å². The molecule has 0 radical (unpaired) electrons. The predicted octanol–water partition coefficient (Wildman–Crippen LogP) is 9.15. The van der Waals surface area contributed by atoms with Crippen LogP contribution in [0.1, 0.15) is 181 Å². The van der Waals surface area contributed by atoms with Crippen LogP contribution in [-0.2, 0) is 23.8 Å². The topological polar surface area (TPSA) is 129 Å². The third-order valence-electron chi connectivity index (χ3n) is 9.83. The highest BCUT2D eigenvalue weighted by molar-refractivity contribution is 5.81. The van der Waals surface area contributed by atoms with Gasteiger partial charge >= 0.3 is 11.9 Å². The first-order chi connectivity index (χ1) is 26.9. The predicted molar refractivity (Wildman–Crippen MR) is 228 cm³/mol. The molecule has 11 heteroatoms. The average molecular weight is 779 g/mol. The number of aliphatic imine (C=N–C) groups is 1. The first-order valence-electron chi connectivity index (χ1n) is 22.6. The highest BCUT2D eigenvalue weighted by atomic mass is 16.5. The summed E-state index contributed by atoms with van der Waals surface area (Å²) < 4.78 is 16.9. The SMILES string of the molecule is CCCCCCCOC(=O)CCCCCCCN(CCCCCCCC(=O)OC(CCCC)CCCCC)CCCN=C(NC#N)NCCOCCN(C)C. The van der Waals surface area contributed by atoms with Crippen molar-refractivity contribution >= 4 is 17.9 Å². The van der Waals surface area contributed by atoms with Gasteiger partial charge in [-0.25, -0.2) is 0 Å². The second kappa shape index (κ2) is 41.2. The van der Waals surface area contributed by atoms with Gasteiger partial charge in [-0.3, -0.25) is 19.9 Å². The molecule has 2 N–H and O–H groups in total. The van der Waals surface area contributed by atoms with Gasteiger partial charge in [0.2, 0.25) is 5.96 Å². The molecule has 0 aliphatic heterocycles. The standard InChI is InChI=1S/C44H86N6O5/c1-6-9-12-19-25-37-54-42(51)29-21-15-13-17-23-33-50(35-26-31-46-44(48-40-45)47-32-38-53-39-36-49(4)5)34-24-18-14-16-22-30-43(52)55-41(27-11-8-3)28-20-10-7-2/h41H,6-39H2,1-5H3,(H2,46,47,48). The summed E-state index contributed by atoms with van der Waals surface area (Å²) in [5.41, 5.74) is 0. The van der Waals surface area contributed by atoms with Gasteiger partial charge in [0.15, 0.2) is 6.19 Å². The lowest BCUT2D eigenvalue weighted by atomic mass is 10.1. The van der Waals surface area contributed by atoms with E-state index in [4.69, 9.17) is 14.2 Å². The fourth-order valence-corrected chi connectivity index (χ4v) is 6.40. The number of rotatable bonds is 40. The van der Waals surface area contributed by atoms with Gasteiger partial charge in [-0.2, -0.15) is 5.26 Å². The molecule has 0 saturated heterocycles. The zero-order valence-electron chi connectivity index (χ0n) is 36.4. The van der Waals surface area contributed by atoms with Crippen molar-refractivity contribution in [2.45, 2.75) is 187 Å². The Hall–Kier alpha value is -2.42. The van der Waals surface area contributed by atoms with Gasteiger partial charge in [0.25, 0.3) is 0 Å². The quantitative estimate of drug-likeness (QED) is 0.0155.